The minimum absolute atomic E-state index is 0.304. The zero-order chi connectivity index (χ0) is 21.4. The van der Waals surface area contributed by atoms with Gasteiger partial charge < -0.3 is 9.47 Å². The van der Waals surface area contributed by atoms with Crippen LogP contribution in [0, 0.1) is 7.14 Å². The molecule has 0 saturated heterocycles. The number of carbonyl (C=O) groups is 2. The summed E-state index contributed by atoms with van der Waals surface area (Å²) in [4.78, 5) is 25.2. The zero-order valence-corrected chi connectivity index (χ0v) is 21.5. The van der Waals surface area contributed by atoms with E-state index in [-0.39, 0.29) is 11.9 Å². The molecule has 0 bridgehead atoms. The predicted octanol–water partition coefficient (Wildman–Crippen LogP) is 5.89. The Balaban J connectivity index is 2.09. The molecule has 30 heavy (non-hydrogen) atoms. The maximum absolute atomic E-state index is 12.6. The number of fused-ring (bicyclic) bond motifs is 2. The van der Waals surface area contributed by atoms with Crippen molar-refractivity contribution in [1.82, 2.24) is 0 Å². The topological polar surface area (TPSA) is 52.6 Å². The molecule has 4 rings (SSSR count). The summed E-state index contributed by atoms with van der Waals surface area (Å²) in [6.45, 7) is 0. The highest BCUT2D eigenvalue weighted by Crippen LogP contribution is 2.44. The van der Waals surface area contributed by atoms with Crippen molar-refractivity contribution in [2.45, 2.75) is 51.4 Å². The largest absolute Gasteiger partial charge is 0.465 e. The van der Waals surface area contributed by atoms with E-state index in [4.69, 9.17) is 9.47 Å². The molecule has 0 N–H and O–H groups in total. The van der Waals surface area contributed by atoms with Crippen LogP contribution in [0.4, 0.5) is 0 Å². The van der Waals surface area contributed by atoms with Gasteiger partial charge in [-0.2, -0.15) is 0 Å². The van der Waals surface area contributed by atoms with E-state index < -0.39 is 0 Å². The van der Waals surface area contributed by atoms with Gasteiger partial charge in [0.25, 0.3) is 0 Å². The van der Waals surface area contributed by atoms with Crippen LogP contribution in [0.3, 0.4) is 0 Å². The predicted molar refractivity (Wildman–Crippen MR) is 133 cm³/mol. The molecule has 6 heteroatoms. The van der Waals surface area contributed by atoms with Gasteiger partial charge >= 0.3 is 11.9 Å². The van der Waals surface area contributed by atoms with Crippen molar-refractivity contribution in [2.24, 2.45) is 0 Å². The summed E-state index contributed by atoms with van der Waals surface area (Å²) in [7, 11) is 2.86. The maximum Gasteiger partial charge on any atom is 0.338 e. The number of aryl methyl sites for hydroxylation is 2. The van der Waals surface area contributed by atoms with Crippen LogP contribution in [0.15, 0.2) is 12.1 Å². The molecule has 0 heterocycles. The summed E-state index contributed by atoms with van der Waals surface area (Å²) in [6.07, 6.45) is 8.48. The summed E-state index contributed by atoms with van der Waals surface area (Å²) in [6, 6.07) is 4.05. The van der Waals surface area contributed by atoms with Gasteiger partial charge in [-0.05, 0) is 131 Å². The molecule has 0 spiro atoms. The van der Waals surface area contributed by atoms with Crippen LogP contribution in [0.2, 0.25) is 0 Å². The zero-order valence-electron chi connectivity index (χ0n) is 17.2. The Morgan fingerprint density at radius 2 is 1.07 bits per heavy atom. The third kappa shape index (κ3) is 3.78. The molecule has 2 aromatic carbocycles. The second kappa shape index (κ2) is 9.14. The van der Waals surface area contributed by atoms with Crippen LogP contribution in [-0.4, -0.2) is 26.2 Å². The Morgan fingerprint density at radius 3 is 1.43 bits per heavy atom. The first-order valence-electron chi connectivity index (χ1n) is 10.3. The van der Waals surface area contributed by atoms with Gasteiger partial charge in [0.1, 0.15) is 0 Å². The van der Waals surface area contributed by atoms with E-state index in [1.165, 1.54) is 36.5 Å². The molecular weight excluding hydrogens is 606 g/mol. The number of halogens is 2. The Hall–Kier alpha value is -1.16. The van der Waals surface area contributed by atoms with Crippen LogP contribution in [0.25, 0.3) is 11.1 Å². The average molecular weight is 630 g/mol. The molecule has 0 amide bonds. The minimum Gasteiger partial charge on any atom is -0.465 e. The lowest BCUT2D eigenvalue weighted by atomic mass is 9.79. The van der Waals surface area contributed by atoms with Crippen LogP contribution in [0.5, 0.6) is 0 Å². The van der Waals surface area contributed by atoms with E-state index in [2.05, 4.69) is 45.2 Å². The lowest BCUT2D eigenvalue weighted by Gasteiger charge is -2.28. The molecule has 0 radical (unpaired) electrons. The van der Waals surface area contributed by atoms with Crippen molar-refractivity contribution in [2.75, 3.05) is 14.2 Å². The second-order valence-corrected chi connectivity index (χ2v) is 10.1. The number of rotatable bonds is 3. The number of hydrogen-bond donors (Lipinski definition) is 0. The first kappa shape index (κ1) is 22.0. The highest BCUT2D eigenvalue weighted by molar-refractivity contribution is 14.1. The van der Waals surface area contributed by atoms with E-state index in [1.54, 1.807) is 0 Å². The van der Waals surface area contributed by atoms with E-state index in [9.17, 15) is 9.59 Å². The molecule has 2 aromatic rings. The summed E-state index contributed by atoms with van der Waals surface area (Å²) in [5, 5.41) is 0. The molecule has 4 nitrogen and oxygen atoms in total. The third-order valence-electron chi connectivity index (χ3n) is 6.23. The molecule has 2 aliphatic rings. The lowest BCUT2D eigenvalue weighted by molar-refractivity contribution is 0.0590. The van der Waals surface area contributed by atoms with Gasteiger partial charge in [-0.3, -0.25) is 0 Å². The molecule has 0 aromatic heterocycles. The number of benzene rings is 2. The first-order valence-corrected chi connectivity index (χ1v) is 12.5. The van der Waals surface area contributed by atoms with E-state index in [0.29, 0.717) is 11.1 Å². The van der Waals surface area contributed by atoms with Crippen molar-refractivity contribution in [3.63, 3.8) is 0 Å². The molecular formula is C24H24I2O4. The number of esters is 2. The Kier molecular flexibility index (Phi) is 6.72. The molecule has 2 aliphatic carbocycles. The van der Waals surface area contributed by atoms with Crippen LogP contribution < -0.4 is 0 Å². The van der Waals surface area contributed by atoms with Crippen LogP contribution in [-0.2, 0) is 35.2 Å². The average Bonchev–Trinajstić information content (AvgIpc) is 2.78. The quantitative estimate of drug-likeness (QED) is 0.314. The molecule has 0 aliphatic heterocycles. The molecule has 0 unspecified atom stereocenters. The Labute approximate surface area is 204 Å². The van der Waals surface area contributed by atoms with Gasteiger partial charge in [0.15, 0.2) is 0 Å². The number of ether oxygens (including phenoxy) is 2. The van der Waals surface area contributed by atoms with Crippen molar-refractivity contribution in [3.8, 4) is 11.1 Å². The summed E-state index contributed by atoms with van der Waals surface area (Å²) in [5.74, 6) is -0.607. The SMILES string of the molecule is COC(=O)c1cc2c(c(-c3c(I)c(C(=O)OC)cc4c3CCCC4)c1I)CCCC2. The molecule has 0 fully saturated rings. The highest BCUT2D eigenvalue weighted by Gasteiger charge is 2.30. The Bertz CT molecular complexity index is 959. The van der Waals surface area contributed by atoms with Crippen molar-refractivity contribution >= 4 is 57.1 Å². The first-order chi connectivity index (χ1) is 14.5. The summed E-state index contributed by atoms with van der Waals surface area (Å²) in [5.41, 5.74) is 8.62. The van der Waals surface area contributed by atoms with E-state index >= 15 is 0 Å². The monoisotopic (exact) mass is 630 g/mol. The van der Waals surface area contributed by atoms with Gasteiger partial charge in [-0.25, -0.2) is 9.59 Å². The standard InChI is InChI=1S/C24H24I2O4/c1-29-23(27)17-11-13-7-3-5-9-15(13)19(21(17)25)20-16-10-6-4-8-14(16)12-18(22(20)26)24(28)30-2/h11-12H,3-10H2,1-2H3. The van der Waals surface area contributed by atoms with E-state index in [0.717, 1.165) is 69.6 Å². The highest BCUT2D eigenvalue weighted by atomic mass is 127. The number of carbonyl (C=O) groups excluding carboxylic acids is 2. The van der Waals surface area contributed by atoms with Crippen LogP contribution >= 0.6 is 45.2 Å². The Morgan fingerprint density at radius 1 is 0.700 bits per heavy atom. The number of methoxy groups -OCH3 is 2. The lowest BCUT2D eigenvalue weighted by Crippen LogP contribution is -2.16. The fourth-order valence-electron chi connectivity index (χ4n) is 4.79. The third-order valence-corrected chi connectivity index (χ3v) is 8.48. The van der Waals surface area contributed by atoms with E-state index in [1.807, 2.05) is 12.1 Å². The van der Waals surface area contributed by atoms with Crippen molar-refractivity contribution < 1.29 is 19.1 Å². The fraction of sp³-hybridized carbons (Fsp3) is 0.417. The molecule has 0 atom stereocenters. The smallest absolute Gasteiger partial charge is 0.338 e. The van der Waals surface area contributed by atoms with Gasteiger partial charge in [-0.15, -0.1) is 0 Å². The van der Waals surface area contributed by atoms with Crippen LogP contribution in [0.1, 0.15) is 68.7 Å². The normalized spacial score (nSPS) is 15.2. The van der Waals surface area contributed by atoms with Gasteiger partial charge in [-0.1, -0.05) is 0 Å². The summed E-state index contributed by atoms with van der Waals surface area (Å²) < 4.78 is 12.1. The number of hydrogen-bond acceptors (Lipinski definition) is 4. The minimum atomic E-state index is -0.304. The molecule has 0 saturated carbocycles. The second-order valence-electron chi connectivity index (χ2n) is 7.90. The van der Waals surface area contributed by atoms with Crippen molar-refractivity contribution in [1.29, 1.82) is 0 Å². The fourth-order valence-corrected chi connectivity index (χ4v) is 6.74. The summed E-state index contributed by atoms with van der Waals surface area (Å²) >= 11 is 4.60. The maximum atomic E-state index is 12.6. The van der Waals surface area contributed by atoms with Crippen molar-refractivity contribution in [3.05, 3.63) is 52.7 Å². The van der Waals surface area contributed by atoms with Gasteiger partial charge in [0.2, 0.25) is 0 Å². The van der Waals surface area contributed by atoms with Gasteiger partial charge in [0.05, 0.1) is 25.3 Å². The van der Waals surface area contributed by atoms with Gasteiger partial charge in [0, 0.05) is 18.3 Å². The molecule has 158 valence electrons.